The largest absolute Gasteiger partial charge is 0.497 e. The summed E-state index contributed by atoms with van der Waals surface area (Å²) in [5.41, 5.74) is 1.76. The highest BCUT2D eigenvalue weighted by Crippen LogP contribution is 2.29. The second kappa shape index (κ2) is 14.4. The van der Waals surface area contributed by atoms with Crippen LogP contribution in [0.2, 0.25) is 5.02 Å². The maximum Gasteiger partial charge on any atom is 0.264 e. The molecule has 2 amide bonds. The minimum atomic E-state index is -4.16. The number of amides is 2. The third-order valence-corrected chi connectivity index (χ3v) is 9.12. The molecule has 1 N–H and O–H groups in total. The number of anilines is 1. The molecule has 0 aliphatic heterocycles. The van der Waals surface area contributed by atoms with Gasteiger partial charge in [0.05, 0.1) is 17.7 Å². The van der Waals surface area contributed by atoms with Crippen molar-refractivity contribution in [3.05, 3.63) is 88.9 Å². The maximum absolute atomic E-state index is 14.2. The zero-order valence-electron chi connectivity index (χ0n) is 24.1. The summed E-state index contributed by atoms with van der Waals surface area (Å²) in [4.78, 5) is 29.0. The number of nitrogens with one attached hydrogen (secondary N) is 1. The molecule has 0 saturated carbocycles. The SMILES string of the molecule is CC[C@H](C(=O)N[C@@H](C)CC)N(Cc1cccc(OC)c1)C(=O)CN(c1ccc(C)c(Cl)c1)S(=O)(=O)c1ccccc1. The van der Waals surface area contributed by atoms with E-state index in [0.717, 1.165) is 21.9 Å². The normalized spacial score (nSPS) is 12.7. The Labute approximate surface area is 248 Å². The number of benzene rings is 3. The van der Waals surface area contributed by atoms with Crippen LogP contribution in [0.1, 0.15) is 44.7 Å². The van der Waals surface area contributed by atoms with Gasteiger partial charge < -0.3 is 15.0 Å². The van der Waals surface area contributed by atoms with Gasteiger partial charge in [-0.1, -0.05) is 61.8 Å². The van der Waals surface area contributed by atoms with Crippen LogP contribution in [-0.4, -0.2) is 50.9 Å². The number of halogens is 1. The summed E-state index contributed by atoms with van der Waals surface area (Å²) >= 11 is 6.38. The van der Waals surface area contributed by atoms with Gasteiger partial charge in [0.15, 0.2) is 0 Å². The van der Waals surface area contributed by atoms with Crippen molar-refractivity contribution in [2.75, 3.05) is 18.0 Å². The molecule has 0 bridgehead atoms. The van der Waals surface area contributed by atoms with Gasteiger partial charge in [-0.2, -0.15) is 0 Å². The van der Waals surface area contributed by atoms with E-state index in [1.807, 2.05) is 33.8 Å². The van der Waals surface area contributed by atoms with Crippen molar-refractivity contribution in [3.8, 4) is 5.75 Å². The fraction of sp³-hybridized carbons (Fsp3) is 0.355. The number of hydrogen-bond acceptors (Lipinski definition) is 5. The number of nitrogens with zero attached hydrogens (tertiary/aromatic N) is 2. The fourth-order valence-corrected chi connectivity index (χ4v) is 5.92. The Bertz CT molecular complexity index is 1450. The van der Waals surface area contributed by atoms with E-state index in [1.165, 1.54) is 23.1 Å². The van der Waals surface area contributed by atoms with Crippen LogP contribution in [0.15, 0.2) is 77.7 Å². The van der Waals surface area contributed by atoms with Gasteiger partial charge in [0.25, 0.3) is 10.0 Å². The predicted molar refractivity (Wildman–Crippen MR) is 163 cm³/mol. The molecule has 0 unspecified atom stereocenters. The smallest absolute Gasteiger partial charge is 0.264 e. The predicted octanol–water partition coefficient (Wildman–Crippen LogP) is 5.57. The van der Waals surface area contributed by atoms with Gasteiger partial charge in [-0.25, -0.2) is 8.42 Å². The molecule has 0 spiro atoms. The molecular formula is C31H38ClN3O5S. The number of aryl methyl sites for hydroxylation is 1. The second-order valence-corrected chi connectivity index (χ2v) is 12.1. The molecule has 3 aromatic rings. The third kappa shape index (κ3) is 8.01. The summed E-state index contributed by atoms with van der Waals surface area (Å²) in [5.74, 6) is -0.223. The molecule has 0 saturated heterocycles. The number of ether oxygens (including phenoxy) is 1. The Balaban J connectivity index is 2.08. The molecule has 3 rings (SSSR count). The third-order valence-electron chi connectivity index (χ3n) is 6.93. The topological polar surface area (TPSA) is 96.0 Å². The highest BCUT2D eigenvalue weighted by Gasteiger charge is 2.34. The molecule has 3 aromatic carbocycles. The molecule has 0 fully saturated rings. The van der Waals surface area contributed by atoms with Crippen LogP contribution in [-0.2, 0) is 26.2 Å². The van der Waals surface area contributed by atoms with Crippen molar-refractivity contribution in [2.24, 2.45) is 0 Å². The van der Waals surface area contributed by atoms with Crippen molar-refractivity contribution in [2.45, 2.75) is 64.1 Å². The van der Waals surface area contributed by atoms with Gasteiger partial charge in [0.1, 0.15) is 18.3 Å². The van der Waals surface area contributed by atoms with Gasteiger partial charge >= 0.3 is 0 Å². The Morgan fingerprint density at radius 2 is 1.68 bits per heavy atom. The molecule has 0 aromatic heterocycles. The lowest BCUT2D eigenvalue weighted by Gasteiger charge is -2.34. The summed E-state index contributed by atoms with van der Waals surface area (Å²) in [7, 11) is -2.61. The maximum atomic E-state index is 14.2. The average Bonchev–Trinajstić information content (AvgIpc) is 2.97. The lowest BCUT2D eigenvalue weighted by Crippen LogP contribution is -2.53. The molecule has 0 aliphatic carbocycles. The zero-order chi connectivity index (χ0) is 30.2. The molecule has 10 heteroatoms. The lowest BCUT2D eigenvalue weighted by molar-refractivity contribution is -0.140. The van der Waals surface area contributed by atoms with E-state index >= 15 is 0 Å². The van der Waals surface area contributed by atoms with E-state index in [4.69, 9.17) is 16.3 Å². The van der Waals surface area contributed by atoms with E-state index in [-0.39, 0.29) is 29.1 Å². The van der Waals surface area contributed by atoms with Gasteiger partial charge in [-0.3, -0.25) is 13.9 Å². The van der Waals surface area contributed by atoms with Crippen LogP contribution in [0.4, 0.5) is 5.69 Å². The molecular weight excluding hydrogens is 562 g/mol. The van der Waals surface area contributed by atoms with Crippen molar-refractivity contribution in [1.82, 2.24) is 10.2 Å². The summed E-state index contributed by atoms with van der Waals surface area (Å²) in [6.07, 6.45) is 1.06. The lowest BCUT2D eigenvalue weighted by atomic mass is 10.1. The zero-order valence-corrected chi connectivity index (χ0v) is 25.7. The first-order chi connectivity index (χ1) is 19.5. The van der Waals surface area contributed by atoms with Gasteiger partial charge in [-0.15, -0.1) is 0 Å². The average molecular weight is 600 g/mol. The number of sulfonamides is 1. The van der Waals surface area contributed by atoms with E-state index in [1.54, 1.807) is 55.6 Å². The standard InChI is InChI=1S/C31H38ClN3O5S/c1-6-23(4)33-31(37)29(7-2)34(20-24-12-11-13-26(18-24)40-5)30(36)21-35(25-17-16-22(3)28(32)19-25)41(38,39)27-14-9-8-10-15-27/h8-19,23,29H,6-7,20-21H2,1-5H3,(H,33,37)/t23-,29+/m0/s1. The van der Waals surface area contributed by atoms with Gasteiger partial charge in [0, 0.05) is 17.6 Å². The molecule has 0 radical (unpaired) electrons. The first-order valence-electron chi connectivity index (χ1n) is 13.6. The second-order valence-electron chi connectivity index (χ2n) is 9.87. The quantitative estimate of drug-likeness (QED) is 0.277. The number of methoxy groups -OCH3 is 1. The summed E-state index contributed by atoms with van der Waals surface area (Å²) < 4.78 is 34.2. The van der Waals surface area contributed by atoms with E-state index in [2.05, 4.69) is 5.32 Å². The van der Waals surface area contributed by atoms with Crippen LogP contribution in [0.5, 0.6) is 5.75 Å². The Morgan fingerprint density at radius 1 is 0.976 bits per heavy atom. The van der Waals surface area contributed by atoms with E-state index in [0.29, 0.717) is 17.2 Å². The van der Waals surface area contributed by atoms with Gasteiger partial charge in [0.2, 0.25) is 11.8 Å². The summed E-state index contributed by atoms with van der Waals surface area (Å²) in [6, 6.07) is 19.1. The number of rotatable bonds is 13. The minimum absolute atomic E-state index is 0.0328. The molecule has 2 atom stereocenters. The summed E-state index contributed by atoms with van der Waals surface area (Å²) in [6.45, 7) is 7.04. The molecule has 41 heavy (non-hydrogen) atoms. The summed E-state index contributed by atoms with van der Waals surface area (Å²) in [5, 5.41) is 3.34. The Hall–Kier alpha value is -3.56. The Kier molecular flexibility index (Phi) is 11.2. The molecule has 8 nitrogen and oxygen atoms in total. The van der Waals surface area contributed by atoms with Crippen LogP contribution in [0, 0.1) is 6.92 Å². The van der Waals surface area contributed by atoms with Crippen LogP contribution < -0.4 is 14.4 Å². The van der Waals surface area contributed by atoms with Crippen molar-refractivity contribution >= 4 is 39.1 Å². The fourth-order valence-electron chi connectivity index (χ4n) is 4.31. The van der Waals surface area contributed by atoms with Crippen molar-refractivity contribution in [1.29, 1.82) is 0 Å². The highest BCUT2D eigenvalue weighted by atomic mass is 35.5. The van der Waals surface area contributed by atoms with Crippen LogP contribution in [0.25, 0.3) is 0 Å². The highest BCUT2D eigenvalue weighted by molar-refractivity contribution is 7.92. The first kappa shape index (κ1) is 32.0. The van der Waals surface area contributed by atoms with Crippen LogP contribution in [0.3, 0.4) is 0 Å². The van der Waals surface area contributed by atoms with Crippen molar-refractivity contribution < 1.29 is 22.7 Å². The molecule has 220 valence electrons. The monoisotopic (exact) mass is 599 g/mol. The number of carbonyl (C=O) groups excluding carboxylic acids is 2. The molecule has 0 aliphatic rings. The van der Waals surface area contributed by atoms with E-state index in [9.17, 15) is 18.0 Å². The minimum Gasteiger partial charge on any atom is -0.497 e. The Morgan fingerprint density at radius 3 is 2.29 bits per heavy atom. The first-order valence-corrected chi connectivity index (χ1v) is 15.4. The van der Waals surface area contributed by atoms with E-state index < -0.39 is 28.5 Å². The number of carbonyl (C=O) groups is 2. The number of hydrogen-bond donors (Lipinski definition) is 1. The molecule has 0 heterocycles. The van der Waals surface area contributed by atoms with Crippen LogP contribution >= 0.6 is 11.6 Å². The van der Waals surface area contributed by atoms with Crippen molar-refractivity contribution in [3.63, 3.8) is 0 Å². The van der Waals surface area contributed by atoms with Gasteiger partial charge in [-0.05, 0) is 74.2 Å².